The predicted molar refractivity (Wildman–Crippen MR) is 127 cm³/mol. The van der Waals surface area contributed by atoms with Gasteiger partial charge in [-0.2, -0.15) is 0 Å². The quantitative estimate of drug-likeness (QED) is 0.364. The van der Waals surface area contributed by atoms with Gasteiger partial charge in [0.1, 0.15) is 40.1 Å². The van der Waals surface area contributed by atoms with E-state index in [1.807, 2.05) is 38.2 Å². The van der Waals surface area contributed by atoms with E-state index in [4.69, 9.17) is 9.47 Å². The van der Waals surface area contributed by atoms with Crippen molar-refractivity contribution in [2.24, 2.45) is 7.05 Å². The van der Waals surface area contributed by atoms with Gasteiger partial charge in [-0.05, 0) is 30.7 Å². The highest BCUT2D eigenvalue weighted by Gasteiger charge is 2.15. The third-order valence-electron chi connectivity index (χ3n) is 5.17. The zero-order valence-electron chi connectivity index (χ0n) is 18.8. The summed E-state index contributed by atoms with van der Waals surface area (Å²) in [6.07, 6.45) is 4.46. The van der Waals surface area contributed by atoms with E-state index in [2.05, 4.69) is 35.6 Å². The van der Waals surface area contributed by atoms with E-state index < -0.39 is 10.8 Å². The molecule has 1 N–H and O–H groups in total. The fourth-order valence-electron chi connectivity index (χ4n) is 3.45. The van der Waals surface area contributed by atoms with Gasteiger partial charge in [0.25, 0.3) is 0 Å². The molecule has 0 fully saturated rings. The third kappa shape index (κ3) is 3.99. The molecule has 0 saturated carbocycles. The normalized spacial score (nSPS) is 12.1. The summed E-state index contributed by atoms with van der Waals surface area (Å²) < 4.78 is 25.3. The van der Waals surface area contributed by atoms with Crippen LogP contribution < -0.4 is 14.8 Å². The van der Waals surface area contributed by atoms with Crippen LogP contribution in [0.1, 0.15) is 5.56 Å². The molecule has 172 valence electrons. The number of aromatic nitrogens is 7. The second-order valence-electron chi connectivity index (χ2n) is 7.47. The Morgan fingerprint density at radius 1 is 1.06 bits per heavy atom. The van der Waals surface area contributed by atoms with Gasteiger partial charge in [0.15, 0.2) is 5.82 Å². The molecule has 3 aromatic heterocycles. The molecule has 34 heavy (non-hydrogen) atoms. The Morgan fingerprint density at radius 3 is 2.71 bits per heavy atom. The number of methoxy groups -OCH3 is 1. The van der Waals surface area contributed by atoms with Gasteiger partial charge in [-0.3, -0.25) is 4.21 Å². The minimum absolute atomic E-state index is 0.206. The van der Waals surface area contributed by atoms with Crippen LogP contribution in [0.15, 0.2) is 48.0 Å². The Bertz CT molecular complexity index is 1570. The molecule has 0 aliphatic carbocycles. The number of rotatable bonds is 6. The van der Waals surface area contributed by atoms with E-state index in [1.165, 1.54) is 18.8 Å². The summed E-state index contributed by atoms with van der Waals surface area (Å²) in [5.41, 5.74) is 4.17. The summed E-state index contributed by atoms with van der Waals surface area (Å²) in [7, 11) is 2.08. The van der Waals surface area contributed by atoms with Gasteiger partial charge >= 0.3 is 0 Å². The summed E-state index contributed by atoms with van der Waals surface area (Å²) in [6.45, 7) is 1.93. The maximum absolute atomic E-state index is 11.8. The van der Waals surface area contributed by atoms with Gasteiger partial charge < -0.3 is 14.8 Å². The molecule has 11 nitrogen and oxygen atoms in total. The minimum atomic E-state index is -1.34. The molecule has 0 radical (unpaired) electrons. The van der Waals surface area contributed by atoms with E-state index in [-0.39, 0.29) is 5.16 Å². The van der Waals surface area contributed by atoms with Crippen molar-refractivity contribution in [1.29, 1.82) is 0 Å². The molecule has 0 saturated heterocycles. The van der Waals surface area contributed by atoms with Crippen molar-refractivity contribution in [3.05, 3.63) is 48.4 Å². The first-order valence-corrected chi connectivity index (χ1v) is 11.7. The molecule has 0 aliphatic rings. The zero-order valence-corrected chi connectivity index (χ0v) is 19.6. The molecule has 1 atom stereocenters. The van der Waals surface area contributed by atoms with Crippen molar-refractivity contribution in [3.63, 3.8) is 0 Å². The molecule has 0 spiro atoms. The molecule has 5 rings (SSSR count). The van der Waals surface area contributed by atoms with Gasteiger partial charge in [0.2, 0.25) is 5.16 Å². The predicted octanol–water partition coefficient (Wildman–Crippen LogP) is 3.29. The Morgan fingerprint density at radius 2 is 1.91 bits per heavy atom. The average molecular weight is 477 g/mol. The van der Waals surface area contributed by atoms with Crippen LogP contribution in [0, 0.1) is 6.92 Å². The maximum atomic E-state index is 11.8. The number of nitrogens with zero attached hydrogens (tertiary/aromatic N) is 7. The Balaban J connectivity index is 1.49. The highest BCUT2D eigenvalue weighted by Crippen LogP contribution is 2.37. The summed E-state index contributed by atoms with van der Waals surface area (Å²) in [5.74, 6) is 2.25. The van der Waals surface area contributed by atoms with Gasteiger partial charge in [-0.25, -0.2) is 24.6 Å². The monoisotopic (exact) mass is 476 g/mol. The minimum Gasteiger partial charge on any atom is -0.494 e. The van der Waals surface area contributed by atoms with E-state index in [0.29, 0.717) is 39.8 Å². The molecular formula is C22H20N8O3S. The molecular weight excluding hydrogens is 456 g/mol. The molecule has 3 heterocycles. The van der Waals surface area contributed by atoms with E-state index in [1.54, 1.807) is 17.9 Å². The second-order valence-corrected chi connectivity index (χ2v) is 8.74. The zero-order chi connectivity index (χ0) is 23.8. The number of aryl methyl sites for hydroxylation is 2. The van der Waals surface area contributed by atoms with E-state index in [9.17, 15) is 4.21 Å². The fraction of sp³-hybridized carbons (Fsp3) is 0.182. The summed E-state index contributed by atoms with van der Waals surface area (Å²) >= 11 is 0. The van der Waals surface area contributed by atoms with Gasteiger partial charge in [-0.1, -0.05) is 5.21 Å². The van der Waals surface area contributed by atoms with Crippen LogP contribution in [0.5, 0.6) is 17.2 Å². The summed E-state index contributed by atoms with van der Waals surface area (Å²) in [4.78, 5) is 17.0. The lowest BCUT2D eigenvalue weighted by atomic mass is 10.1. The largest absolute Gasteiger partial charge is 0.494 e. The lowest BCUT2D eigenvalue weighted by molar-refractivity contribution is 0.410. The maximum Gasteiger partial charge on any atom is 0.218 e. The van der Waals surface area contributed by atoms with Crippen molar-refractivity contribution < 1.29 is 13.7 Å². The van der Waals surface area contributed by atoms with Crippen LogP contribution in [0.3, 0.4) is 0 Å². The summed E-state index contributed by atoms with van der Waals surface area (Å²) in [6, 6.07) is 9.30. The molecule has 5 aromatic rings. The van der Waals surface area contributed by atoms with Crippen LogP contribution in [0.4, 0.5) is 11.5 Å². The molecule has 0 amide bonds. The fourth-order valence-corrected chi connectivity index (χ4v) is 3.87. The van der Waals surface area contributed by atoms with Crippen molar-refractivity contribution in [2.45, 2.75) is 12.1 Å². The van der Waals surface area contributed by atoms with Crippen LogP contribution in [-0.2, 0) is 17.8 Å². The Kier molecular flexibility index (Phi) is 5.49. The van der Waals surface area contributed by atoms with Crippen molar-refractivity contribution in [3.8, 4) is 17.2 Å². The first kappa shape index (κ1) is 21.6. The lowest BCUT2D eigenvalue weighted by Gasteiger charge is -2.16. The lowest BCUT2D eigenvalue weighted by Crippen LogP contribution is -2.03. The highest BCUT2D eigenvalue weighted by molar-refractivity contribution is 7.84. The highest BCUT2D eigenvalue weighted by atomic mass is 32.2. The summed E-state index contributed by atoms with van der Waals surface area (Å²) in [5, 5.41) is 11.6. The SMILES string of the molecule is COc1cc(Oc2ccc3c(c2)nnn3C)c(C)cc1Nc1ncnc2cnc(S(C)=O)nc12. The van der Waals surface area contributed by atoms with Crippen LogP contribution in [-0.4, -0.2) is 52.5 Å². The second kappa shape index (κ2) is 8.63. The molecule has 0 bridgehead atoms. The van der Waals surface area contributed by atoms with Crippen molar-refractivity contribution >= 4 is 44.4 Å². The van der Waals surface area contributed by atoms with Crippen LogP contribution in [0.2, 0.25) is 0 Å². The number of fused-ring (bicyclic) bond motifs is 2. The molecule has 1 unspecified atom stereocenters. The number of hydrogen-bond donors (Lipinski definition) is 1. The number of ether oxygens (including phenoxy) is 2. The van der Waals surface area contributed by atoms with Crippen LogP contribution >= 0.6 is 0 Å². The molecule has 12 heteroatoms. The average Bonchev–Trinajstić information content (AvgIpc) is 3.20. The standard InChI is InChI=1S/C22H20N8O3S/c1-12-7-15(26-21-20-16(24-11-25-21)10-23-22(27-20)34(4)31)19(32-3)9-18(12)33-13-5-6-17-14(8-13)28-29-30(17)2/h5-11H,1-4H3,(H,24,25,26). The number of benzene rings is 2. The molecule has 0 aliphatic heterocycles. The van der Waals surface area contributed by atoms with Crippen LogP contribution in [0.25, 0.3) is 22.1 Å². The third-order valence-corrected chi connectivity index (χ3v) is 5.88. The number of hydrogen-bond acceptors (Lipinski definition) is 10. The van der Waals surface area contributed by atoms with Crippen molar-refractivity contribution in [2.75, 3.05) is 18.7 Å². The number of nitrogens with one attached hydrogen (secondary N) is 1. The van der Waals surface area contributed by atoms with Gasteiger partial charge in [0, 0.05) is 25.4 Å². The molecule has 2 aromatic carbocycles. The number of anilines is 2. The van der Waals surface area contributed by atoms with Crippen molar-refractivity contribution in [1.82, 2.24) is 34.9 Å². The van der Waals surface area contributed by atoms with Gasteiger partial charge in [-0.15, -0.1) is 5.10 Å². The topological polar surface area (TPSA) is 130 Å². The van der Waals surface area contributed by atoms with E-state index in [0.717, 1.165) is 16.6 Å². The smallest absolute Gasteiger partial charge is 0.218 e. The first-order valence-electron chi connectivity index (χ1n) is 10.2. The Labute approximate surface area is 196 Å². The van der Waals surface area contributed by atoms with Gasteiger partial charge in [0.05, 0.1) is 35.3 Å². The first-order chi connectivity index (χ1) is 16.4. The Hall–Kier alpha value is -4.19. The van der Waals surface area contributed by atoms with E-state index >= 15 is 0 Å².